The second-order valence-electron chi connectivity index (χ2n) is 9.56. The Morgan fingerprint density at radius 2 is 1.72 bits per heavy atom. The van der Waals surface area contributed by atoms with Crippen LogP contribution in [0.3, 0.4) is 0 Å². The van der Waals surface area contributed by atoms with Crippen molar-refractivity contribution in [2.75, 3.05) is 11.1 Å². The number of rotatable bonds is 9. The molecule has 0 amide bonds. The summed E-state index contributed by atoms with van der Waals surface area (Å²) in [6.07, 6.45) is 1.55. The molecule has 0 saturated heterocycles. The fourth-order valence-electron chi connectivity index (χ4n) is 3.74. The Balaban J connectivity index is 1.95. The number of amidine groups is 1. The Hall–Kier alpha value is -3.65. The van der Waals surface area contributed by atoms with E-state index in [1.807, 2.05) is 55.5 Å². The van der Waals surface area contributed by atoms with Crippen molar-refractivity contribution in [3.8, 4) is 17.3 Å². The summed E-state index contributed by atoms with van der Waals surface area (Å²) in [5.41, 5.74) is 2.23. The van der Waals surface area contributed by atoms with Gasteiger partial charge in [-0.3, -0.25) is 4.79 Å². The molecule has 1 atom stereocenters. The molecule has 0 aliphatic rings. The summed E-state index contributed by atoms with van der Waals surface area (Å²) >= 11 is 1.33. The third-order valence-corrected chi connectivity index (χ3v) is 7.54. The molecule has 2 N–H and O–H groups in total. The first kappa shape index (κ1) is 29.9. The molecule has 0 saturated carbocycles. The van der Waals surface area contributed by atoms with E-state index < -0.39 is 27.6 Å². The number of benzene rings is 3. The van der Waals surface area contributed by atoms with Crippen LogP contribution in [0.25, 0.3) is 11.1 Å². The second kappa shape index (κ2) is 13.4. The molecule has 39 heavy (non-hydrogen) atoms. The van der Waals surface area contributed by atoms with Gasteiger partial charge >= 0.3 is 5.97 Å². The third-order valence-electron chi connectivity index (χ3n) is 5.31. The van der Waals surface area contributed by atoms with E-state index in [4.69, 9.17) is 10.00 Å². The van der Waals surface area contributed by atoms with Gasteiger partial charge in [-0.15, -0.1) is 4.99 Å². The minimum atomic E-state index is -4.07. The van der Waals surface area contributed by atoms with Gasteiger partial charge in [-0.25, -0.2) is 13.1 Å². The summed E-state index contributed by atoms with van der Waals surface area (Å²) in [7, 11) is -4.07. The molecule has 1 unspecified atom stereocenters. The van der Waals surface area contributed by atoms with Gasteiger partial charge < -0.3 is 10.1 Å². The van der Waals surface area contributed by atoms with Crippen molar-refractivity contribution < 1.29 is 17.9 Å². The van der Waals surface area contributed by atoms with E-state index in [2.05, 4.69) is 15.0 Å². The molecule has 3 rings (SSSR count). The van der Waals surface area contributed by atoms with E-state index in [0.717, 1.165) is 11.1 Å². The molecule has 0 heterocycles. The molecule has 0 bridgehead atoms. The Morgan fingerprint density at radius 1 is 1.03 bits per heavy atom. The number of thioether (sulfide) groups is 1. The van der Waals surface area contributed by atoms with Crippen molar-refractivity contribution >= 4 is 38.6 Å². The van der Waals surface area contributed by atoms with Gasteiger partial charge in [-0.05, 0) is 67.5 Å². The minimum Gasteiger partial charge on any atom is -0.460 e. The van der Waals surface area contributed by atoms with Gasteiger partial charge in [-0.1, -0.05) is 73.3 Å². The number of sulfonamides is 1. The summed E-state index contributed by atoms with van der Waals surface area (Å²) in [5, 5.41) is 12.3. The second-order valence-corrected chi connectivity index (χ2v) is 12.5. The number of nitrogens with one attached hydrogen (secondary N) is 2. The van der Waals surface area contributed by atoms with Crippen LogP contribution in [-0.2, 0) is 19.6 Å². The number of hydrogen-bond acceptors (Lipinski definition) is 7. The third kappa shape index (κ3) is 9.25. The van der Waals surface area contributed by atoms with E-state index in [-0.39, 0.29) is 11.3 Å². The number of carbonyl (C=O) groups excluding carboxylic acids is 1. The predicted molar refractivity (Wildman–Crippen MR) is 157 cm³/mol. The molecule has 0 aromatic heterocycles. The zero-order valence-electron chi connectivity index (χ0n) is 22.3. The smallest absolute Gasteiger partial charge is 0.308 e. The number of ether oxygens (including phenoxy) is 1. The lowest BCUT2D eigenvalue weighted by Gasteiger charge is -2.23. The van der Waals surface area contributed by atoms with Gasteiger partial charge in [0.2, 0.25) is 16.2 Å². The van der Waals surface area contributed by atoms with Gasteiger partial charge in [-0.2, -0.15) is 5.26 Å². The van der Waals surface area contributed by atoms with Gasteiger partial charge in [0, 0.05) is 5.69 Å². The van der Waals surface area contributed by atoms with Crippen molar-refractivity contribution in [2.45, 2.75) is 50.7 Å². The van der Waals surface area contributed by atoms with E-state index >= 15 is 0 Å². The molecule has 10 heteroatoms. The van der Waals surface area contributed by atoms with Crippen molar-refractivity contribution in [3.05, 3.63) is 84.4 Å². The highest BCUT2D eigenvalue weighted by Crippen LogP contribution is 2.28. The molecule has 3 aromatic rings. The molecule has 0 spiro atoms. The Morgan fingerprint density at radius 3 is 2.38 bits per heavy atom. The number of esters is 1. The SMILES string of the molecule is CCSC(=NC#N)Nc1cccc(S(=O)(=O)NC(CC(=O)OC(C)(C)C)c2cccc(-c3ccccc3)c2)c1. The van der Waals surface area contributed by atoms with Gasteiger partial charge in [0.1, 0.15) is 5.60 Å². The van der Waals surface area contributed by atoms with Crippen LogP contribution in [0.4, 0.5) is 5.69 Å². The molecule has 0 fully saturated rings. The Bertz CT molecular complexity index is 1460. The summed E-state index contributed by atoms with van der Waals surface area (Å²) in [6.45, 7) is 7.21. The van der Waals surface area contributed by atoms with Crippen LogP contribution < -0.4 is 10.0 Å². The maximum Gasteiger partial charge on any atom is 0.308 e. The standard InChI is InChI=1S/C29H32N4O4S2/c1-5-38-28(31-20-30)32-24-15-10-16-25(18-24)39(35,36)33-26(19-27(34)37-29(2,3)4)23-14-9-13-22(17-23)21-11-7-6-8-12-21/h6-18,26,33H,5,19H2,1-4H3,(H,31,32). The lowest BCUT2D eigenvalue weighted by molar-refractivity contribution is -0.155. The fraction of sp³-hybridized carbons (Fsp3) is 0.276. The van der Waals surface area contributed by atoms with Crippen LogP contribution in [-0.4, -0.2) is 30.9 Å². The van der Waals surface area contributed by atoms with Gasteiger partial charge in [0.25, 0.3) is 0 Å². The summed E-state index contributed by atoms with van der Waals surface area (Å²) < 4.78 is 35.3. The average molecular weight is 565 g/mol. The fourth-order valence-corrected chi connectivity index (χ4v) is 5.58. The molecule has 204 valence electrons. The average Bonchev–Trinajstić information content (AvgIpc) is 2.88. The van der Waals surface area contributed by atoms with Crippen molar-refractivity contribution in [2.24, 2.45) is 4.99 Å². The maximum absolute atomic E-state index is 13.5. The van der Waals surface area contributed by atoms with Crippen LogP contribution >= 0.6 is 11.8 Å². The molecule has 8 nitrogen and oxygen atoms in total. The zero-order valence-corrected chi connectivity index (χ0v) is 24.0. The Kier molecular flexibility index (Phi) is 10.3. The quantitative estimate of drug-likeness (QED) is 0.139. The lowest BCUT2D eigenvalue weighted by Crippen LogP contribution is -2.32. The monoisotopic (exact) mass is 564 g/mol. The number of anilines is 1. The molecule has 0 radical (unpaired) electrons. The topological polar surface area (TPSA) is 121 Å². The highest BCUT2D eigenvalue weighted by atomic mass is 32.2. The Labute approximate surface area is 234 Å². The summed E-state index contributed by atoms with van der Waals surface area (Å²) in [5.74, 6) is 0.159. The van der Waals surface area contributed by atoms with E-state index in [1.165, 1.54) is 23.9 Å². The number of hydrogen-bond donors (Lipinski definition) is 2. The number of nitrogens with zero attached hydrogens (tertiary/aromatic N) is 2. The number of aliphatic imine (C=N–C) groups is 1. The van der Waals surface area contributed by atoms with E-state index in [1.54, 1.807) is 45.2 Å². The summed E-state index contributed by atoms with van der Waals surface area (Å²) in [6, 6.07) is 22.4. The molecular weight excluding hydrogens is 532 g/mol. The predicted octanol–water partition coefficient (Wildman–Crippen LogP) is 6.11. The summed E-state index contributed by atoms with van der Waals surface area (Å²) in [4.78, 5) is 16.5. The molecule has 0 aliphatic heterocycles. The minimum absolute atomic E-state index is 0.00120. The van der Waals surface area contributed by atoms with Crippen molar-refractivity contribution in [1.82, 2.24) is 4.72 Å². The van der Waals surface area contributed by atoms with Crippen LogP contribution in [0.5, 0.6) is 0 Å². The van der Waals surface area contributed by atoms with Crippen molar-refractivity contribution in [1.29, 1.82) is 5.26 Å². The molecule has 0 aliphatic carbocycles. The molecule has 3 aromatic carbocycles. The first-order valence-corrected chi connectivity index (χ1v) is 14.8. The van der Waals surface area contributed by atoms with Gasteiger partial charge in [0.05, 0.1) is 17.4 Å². The van der Waals surface area contributed by atoms with Crippen LogP contribution in [0.1, 0.15) is 45.7 Å². The van der Waals surface area contributed by atoms with Crippen LogP contribution in [0.2, 0.25) is 0 Å². The van der Waals surface area contributed by atoms with Crippen LogP contribution in [0.15, 0.2) is 88.8 Å². The maximum atomic E-state index is 13.5. The van der Waals surface area contributed by atoms with Gasteiger partial charge in [0.15, 0.2) is 5.17 Å². The number of nitriles is 1. The zero-order chi connectivity index (χ0) is 28.5. The highest BCUT2D eigenvalue weighted by Gasteiger charge is 2.27. The highest BCUT2D eigenvalue weighted by molar-refractivity contribution is 8.14. The largest absolute Gasteiger partial charge is 0.460 e. The van der Waals surface area contributed by atoms with E-state index in [9.17, 15) is 13.2 Å². The lowest BCUT2D eigenvalue weighted by atomic mass is 9.98. The van der Waals surface area contributed by atoms with E-state index in [0.29, 0.717) is 22.2 Å². The molecular formula is C29H32N4O4S2. The van der Waals surface area contributed by atoms with Crippen LogP contribution in [0, 0.1) is 11.5 Å². The first-order chi connectivity index (χ1) is 18.5. The number of carbonyl (C=O) groups is 1. The van der Waals surface area contributed by atoms with Crippen molar-refractivity contribution in [3.63, 3.8) is 0 Å². The normalized spacial score (nSPS) is 12.8. The first-order valence-electron chi connectivity index (χ1n) is 12.4.